The number of hydrogen-bond acceptors (Lipinski definition) is 5. The number of fused-ring (bicyclic) bond motifs is 1. The van der Waals surface area contributed by atoms with Crippen molar-refractivity contribution in [2.45, 2.75) is 0 Å². The van der Waals surface area contributed by atoms with Crippen LogP contribution >= 0.6 is 39.5 Å². The lowest BCUT2D eigenvalue weighted by Crippen LogP contribution is -2.08. The molecule has 4 nitrogen and oxygen atoms in total. The molecule has 4 rings (SSSR count). The molecule has 0 amide bonds. The van der Waals surface area contributed by atoms with Crippen molar-refractivity contribution in [3.63, 3.8) is 0 Å². The van der Waals surface area contributed by atoms with E-state index in [1.807, 2.05) is 73.8 Å². The number of nitrogens with zero attached hydrogens (tertiary/aromatic N) is 3. The van der Waals surface area contributed by atoms with E-state index in [0.717, 1.165) is 32.7 Å². The number of allylic oxidation sites excluding steroid dienone is 1. The van der Waals surface area contributed by atoms with Crippen molar-refractivity contribution in [1.29, 1.82) is 0 Å². The fourth-order valence-corrected chi connectivity index (χ4v) is 4.58. The third-order valence-corrected chi connectivity index (χ3v) is 6.14. The molecule has 1 aromatic heterocycles. The molecule has 0 fully saturated rings. The molecule has 0 radical (unpaired) electrons. The van der Waals surface area contributed by atoms with E-state index in [9.17, 15) is 5.11 Å². The molecule has 27 heavy (non-hydrogen) atoms. The molecular weight excluding hydrogens is 442 g/mol. The first-order valence-electron chi connectivity index (χ1n) is 8.22. The Morgan fingerprint density at radius 3 is 2.63 bits per heavy atom. The molecule has 0 unspecified atom stereocenters. The molecule has 0 spiro atoms. The zero-order valence-corrected chi connectivity index (χ0v) is 17.9. The third kappa shape index (κ3) is 3.38. The van der Waals surface area contributed by atoms with Gasteiger partial charge in [-0.3, -0.25) is 9.56 Å². The summed E-state index contributed by atoms with van der Waals surface area (Å²) in [5.41, 5.74) is 4.84. The van der Waals surface area contributed by atoms with Crippen LogP contribution in [0.4, 0.5) is 11.4 Å². The van der Waals surface area contributed by atoms with Crippen LogP contribution in [0.15, 0.2) is 51.9 Å². The molecule has 136 valence electrons. The van der Waals surface area contributed by atoms with Crippen molar-refractivity contribution in [2.75, 3.05) is 19.0 Å². The van der Waals surface area contributed by atoms with Gasteiger partial charge in [-0.1, -0.05) is 15.9 Å². The highest BCUT2D eigenvalue weighted by Crippen LogP contribution is 2.38. The Labute approximate surface area is 174 Å². The number of rotatable bonds is 3. The Kier molecular flexibility index (Phi) is 4.75. The van der Waals surface area contributed by atoms with Gasteiger partial charge < -0.3 is 10.0 Å². The average molecular weight is 458 g/mol. The molecule has 0 atom stereocenters. The number of aromatic hydroxyl groups is 1. The molecule has 0 saturated carbocycles. The molecule has 0 saturated heterocycles. The van der Waals surface area contributed by atoms with Crippen LogP contribution < -0.4 is 4.90 Å². The van der Waals surface area contributed by atoms with Crippen LogP contribution in [0.25, 0.3) is 17.3 Å². The van der Waals surface area contributed by atoms with E-state index in [1.165, 1.54) is 11.3 Å². The number of thiazole rings is 1. The summed E-state index contributed by atoms with van der Waals surface area (Å²) >= 11 is 10.4. The minimum absolute atomic E-state index is 0.145. The Balaban J connectivity index is 1.76. The molecular formula is C20H16BrN3OS2. The maximum atomic E-state index is 10.8. The first-order valence-corrected chi connectivity index (χ1v) is 10.2. The maximum absolute atomic E-state index is 10.8. The molecule has 0 aliphatic carbocycles. The van der Waals surface area contributed by atoms with Crippen LogP contribution in [-0.4, -0.2) is 30.0 Å². The summed E-state index contributed by atoms with van der Waals surface area (Å²) in [6.07, 6.45) is 3.75. The van der Waals surface area contributed by atoms with Gasteiger partial charge in [0, 0.05) is 41.6 Å². The van der Waals surface area contributed by atoms with Crippen LogP contribution in [0.5, 0.6) is 5.88 Å². The van der Waals surface area contributed by atoms with E-state index in [2.05, 4.69) is 20.9 Å². The van der Waals surface area contributed by atoms with E-state index in [-0.39, 0.29) is 5.88 Å². The summed E-state index contributed by atoms with van der Waals surface area (Å²) in [5.74, 6) is 0.145. The van der Waals surface area contributed by atoms with E-state index in [1.54, 1.807) is 4.57 Å². The van der Waals surface area contributed by atoms with E-state index in [0.29, 0.717) is 8.83 Å². The minimum Gasteiger partial charge on any atom is -0.493 e. The normalized spacial score (nSPS) is 14.0. The van der Waals surface area contributed by atoms with Crippen LogP contribution in [0, 0.1) is 3.95 Å². The van der Waals surface area contributed by atoms with Gasteiger partial charge in [0.2, 0.25) is 5.88 Å². The van der Waals surface area contributed by atoms with Gasteiger partial charge in [-0.05, 0) is 60.8 Å². The lowest BCUT2D eigenvalue weighted by Gasteiger charge is -2.13. The molecule has 0 bridgehead atoms. The third-order valence-electron chi connectivity index (χ3n) is 4.34. The van der Waals surface area contributed by atoms with Crippen molar-refractivity contribution in [1.82, 2.24) is 4.57 Å². The van der Waals surface area contributed by atoms with Crippen LogP contribution in [0.2, 0.25) is 0 Å². The van der Waals surface area contributed by atoms with Gasteiger partial charge in [0.25, 0.3) is 0 Å². The van der Waals surface area contributed by atoms with Crippen molar-refractivity contribution >= 4 is 68.7 Å². The van der Waals surface area contributed by atoms with Crippen LogP contribution in [-0.2, 0) is 0 Å². The number of aromatic nitrogens is 1. The molecule has 2 heterocycles. The van der Waals surface area contributed by atoms with Gasteiger partial charge >= 0.3 is 0 Å². The van der Waals surface area contributed by atoms with Gasteiger partial charge in [0.15, 0.2) is 3.95 Å². The van der Waals surface area contributed by atoms with Crippen LogP contribution in [0.1, 0.15) is 10.4 Å². The molecule has 7 heteroatoms. The highest BCUT2D eigenvalue weighted by molar-refractivity contribution is 9.10. The zero-order valence-electron chi connectivity index (χ0n) is 14.7. The summed E-state index contributed by atoms with van der Waals surface area (Å²) in [6, 6.07) is 13.9. The van der Waals surface area contributed by atoms with Gasteiger partial charge in [0.05, 0.1) is 16.3 Å². The summed E-state index contributed by atoms with van der Waals surface area (Å²) in [6.45, 7) is 0. The second-order valence-corrected chi connectivity index (χ2v) is 8.91. The standard InChI is InChI=1S/C20H16BrN3OS2/c1-23(2)14-4-6-15(7-5-14)24-19(25)18(27-20(24)26)9-12-11-22-17-8-3-13(21)10-16(12)17/h3-11,25H,1-2H3. The van der Waals surface area contributed by atoms with Crippen molar-refractivity contribution < 1.29 is 5.11 Å². The number of aliphatic imine (C=N–C) groups is 1. The molecule has 1 aliphatic rings. The second-order valence-electron chi connectivity index (χ2n) is 6.32. The topological polar surface area (TPSA) is 40.8 Å². The van der Waals surface area contributed by atoms with Gasteiger partial charge in [-0.25, -0.2) is 0 Å². The quantitative estimate of drug-likeness (QED) is 0.485. The zero-order chi connectivity index (χ0) is 19.1. The Morgan fingerprint density at radius 1 is 1.19 bits per heavy atom. The lowest BCUT2D eigenvalue weighted by atomic mass is 10.1. The predicted molar refractivity (Wildman–Crippen MR) is 121 cm³/mol. The largest absolute Gasteiger partial charge is 0.493 e. The fraction of sp³-hybridized carbons (Fsp3) is 0.100. The summed E-state index contributed by atoms with van der Waals surface area (Å²) < 4.78 is 3.29. The Bertz CT molecular complexity index is 1140. The van der Waals surface area contributed by atoms with E-state index >= 15 is 0 Å². The second kappa shape index (κ2) is 7.07. The van der Waals surface area contributed by atoms with E-state index in [4.69, 9.17) is 12.2 Å². The minimum atomic E-state index is 0.145. The number of benzene rings is 2. The van der Waals surface area contributed by atoms with Gasteiger partial charge in [0.1, 0.15) is 0 Å². The van der Waals surface area contributed by atoms with E-state index < -0.39 is 0 Å². The summed E-state index contributed by atoms with van der Waals surface area (Å²) in [7, 11) is 3.98. The highest BCUT2D eigenvalue weighted by atomic mass is 79.9. The van der Waals surface area contributed by atoms with Gasteiger partial charge in [-0.15, -0.1) is 11.3 Å². The smallest absolute Gasteiger partial charge is 0.215 e. The van der Waals surface area contributed by atoms with Crippen LogP contribution in [0.3, 0.4) is 0 Å². The first kappa shape index (κ1) is 18.2. The monoisotopic (exact) mass is 457 g/mol. The molecule has 1 N–H and O–H groups in total. The summed E-state index contributed by atoms with van der Waals surface area (Å²) in [4.78, 5) is 7.18. The molecule has 3 aromatic rings. The predicted octanol–water partition coefficient (Wildman–Crippen LogP) is 6.06. The fourth-order valence-electron chi connectivity index (χ4n) is 2.92. The maximum Gasteiger partial charge on any atom is 0.215 e. The number of anilines is 1. The summed E-state index contributed by atoms with van der Waals surface area (Å²) in [5, 5.41) is 10.8. The van der Waals surface area contributed by atoms with Crippen molar-refractivity contribution in [2.24, 2.45) is 4.99 Å². The lowest BCUT2D eigenvalue weighted by molar-refractivity contribution is 0.441. The molecule has 2 aromatic carbocycles. The SMILES string of the molecule is CN(C)c1ccc(-n2c(O)c(C=C3C=Nc4ccc(Br)cc43)sc2=S)cc1. The average Bonchev–Trinajstić information content (AvgIpc) is 3.16. The van der Waals surface area contributed by atoms with Gasteiger partial charge in [-0.2, -0.15) is 0 Å². The molecule has 1 aliphatic heterocycles. The highest BCUT2D eigenvalue weighted by Gasteiger charge is 2.16. The van der Waals surface area contributed by atoms with Crippen molar-refractivity contribution in [3.8, 4) is 11.6 Å². The Morgan fingerprint density at radius 2 is 1.93 bits per heavy atom. The van der Waals surface area contributed by atoms with Crippen molar-refractivity contribution in [3.05, 3.63) is 61.3 Å². The Hall–Kier alpha value is -2.22. The number of hydrogen-bond donors (Lipinski definition) is 1. The number of halogens is 1. The first-order chi connectivity index (χ1) is 12.9.